The van der Waals surface area contributed by atoms with Crippen LogP contribution >= 0.6 is 11.8 Å². The normalized spacial score (nSPS) is 16.0. The van der Waals surface area contributed by atoms with Crippen LogP contribution in [0.1, 0.15) is 10.9 Å². The molecule has 0 saturated carbocycles. The van der Waals surface area contributed by atoms with Gasteiger partial charge in [0.2, 0.25) is 0 Å². The van der Waals surface area contributed by atoms with E-state index in [0.717, 1.165) is 31.9 Å². The van der Waals surface area contributed by atoms with Crippen molar-refractivity contribution in [3.05, 3.63) is 90.5 Å². The van der Waals surface area contributed by atoms with Crippen LogP contribution in [0.3, 0.4) is 0 Å². The molecule has 0 spiro atoms. The number of hydrogen-bond donors (Lipinski definition) is 0. The highest BCUT2D eigenvalue weighted by molar-refractivity contribution is 7.99. The number of ether oxygens (including phenoxy) is 1. The maximum absolute atomic E-state index is 5.35. The van der Waals surface area contributed by atoms with Gasteiger partial charge in [-0.15, -0.1) is 11.8 Å². The third-order valence-electron chi connectivity index (χ3n) is 5.16. The van der Waals surface area contributed by atoms with E-state index >= 15 is 0 Å². The first-order valence-electron chi connectivity index (χ1n) is 9.73. The maximum Gasteiger partial charge on any atom is 0.118 e. The fraction of sp³-hybridized carbons (Fsp3) is 0.250. The van der Waals surface area contributed by atoms with Crippen molar-refractivity contribution in [2.45, 2.75) is 10.3 Å². The van der Waals surface area contributed by atoms with Gasteiger partial charge < -0.3 is 9.64 Å². The predicted octanol–water partition coefficient (Wildman–Crippen LogP) is 5.31. The summed E-state index contributed by atoms with van der Waals surface area (Å²) in [6.07, 6.45) is 0. The summed E-state index contributed by atoms with van der Waals surface area (Å²) in [5.74, 6) is 0.904. The molecule has 4 heteroatoms. The van der Waals surface area contributed by atoms with Crippen LogP contribution in [0, 0.1) is 0 Å². The third-order valence-corrected chi connectivity index (χ3v) is 6.50. The smallest absolute Gasteiger partial charge is 0.118 e. The van der Waals surface area contributed by atoms with Gasteiger partial charge in [-0.1, -0.05) is 48.5 Å². The summed E-state index contributed by atoms with van der Waals surface area (Å²) in [7, 11) is 1.72. The molecule has 28 heavy (non-hydrogen) atoms. The highest BCUT2D eigenvalue weighted by atomic mass is 32.2. The molecule has 1 heterocycles. The fourth-order valence-corrected chi connectivity index (χ4v) is 4.83. The highest BCUT2D eigenvalue weighted by Crippen LogP contribution is 2.39. The molecule has 144 valence electrons. The zero-order valence-electron chi connectivity index (χ0n) is 16.2. The lowest BCUT2D eigenvalue weighted by Crippen LogP contribution is -2.47. The standard InChI is InChI=1S/C24H26N2OS/c1-27-22-14-12-20(13-15-22)24(28-23-10-6-3-7-11-23)26-18-16-25(17-19-26)21-8-4-2-5-9-21/h2-15,24H,16-19H2,1H3/t24-/m1/s1. The van der Waals surface area contributed by atoms with Crippen molar-refractivity contribution in [3.8, 4) is 5.75 Å². The second kappa shape index (κ2) is 9.18. The van der Waals surface area contributed by atoms with Crippen LogP contribution in [0.5, 0.6) is 5.75 Å². The molecule has 0 bridgehead atoms. The summed E-state index contributed by atoms with van der Waals surface area (Å²) in [6.45, 7) is 4.19. The fourth-order valence-electron chi connectivity index (χ4n) is 3.60. The molecule has 0 aromatic heterocycles. The molecule has 3 nitrogen and oxygen atoms in total. The van der Waals surface area contributed by atoms with E-state index in [2.05, 4.69) is 94.7 Å². The van der Waals surface area contributed by atoms with E-state index in [4.69, 9.17) is 4.74 Å². The average molecular weight is 391 g/mol. The van der Waals surface area contributed by atoms with E-state index in [1.807, 2.05) is 11.8 Å². The number of methoxy groups -OCH3 is 1. The van der Waals surface area contributed by atoms with Crippen molar-refractivity contribution in [3.63, 3.8) is 0 Å². The average Bonchev–Trinajstić information content (AvgIpc) is 2.79. The van der Waals surface area contributed by atoms with Gasteiger partial charge in [-0.2, -0.15) is 0 Å². The summed E-state index contributed by atoms with van der Waals surface area (Å²) in [5, 5.41) is 0.297. The summed E-state index contributed by atoms with van der Waals surface area (Å²) in [6, 6.07) is 29.9. The van der Waals surface area contributed by atoms with Gasteiger partial charge in [-0.3, -0.25) is 4.90 Å². The summed E-state index contributed by atoms with van der Waals surface area (Å²) < 4.78 is 5.35. The van der Waals surface area contributed by atoms with Crippen LogP contribution in [0.4, 0.5) is 5.69 Å². The lowest BCUT2D eigenvalue weighted by atomic mass is 10.1. The second-order valence-electron chi connectivity index (χ2n) is 6.91. The molecule has 0 amide bonds. The van der Waals surface area contributed by atoms with E-state index < -0.39 is 0 Å². The molecule has 0 aliphatic carbocycles. The van der Waals surface area contributed by atoms with Crippen molar-refractivity contribution < 1.29 is 4.74 Å². The number of anilines is 1. The topological polar surface area (TPSA) is 15.7 Å². The number of rotatable bonds is 6. The van der Waals surface area contributed by atoms with Crippen LogP contribution < -0.4 is 9.64 Å². The van der Waals surface area contributed by atoms with Crippen LogP contribution in [-0.4, -0.2) is 38.2 Å². The molecule has 1 fully saturated rings. The molecule has 4 rings (SSSR count). The first-order valence-corrected chi connectivity index (χ1v) is 10.6. The largest absolute Gasteiger partial charge is 0.497 e. The Labute approximate surface area is 171 Å². The minimum atomic E-state index is 0.297. The van der Waals surface area contributed by atoms with Gasteiger partial charge in [-0.25, -0.2) is 0 Å². The Hall–Kier alpha value is -2.43. The number of hydrogen-bond acceptors (Lipinski definition) is 4. The van der Waals surface area contributed by atoms with Crippen LogP contribution in [0.15, 0.2) is 89.8 Å². The zero-order chi connectivity index (χ0) is 19.2. The Bertz CT molecular complexity index is 847. The Balaban J connectivity index is 1.51. The molecule has 0 unspecified atom stereocenters. The van der Waals surface area contributed by atoms with Gasteiger partial charge >= 0.3 is 0 Å². The third kappa shape index (κ3) is 4.51. The Morgan fingerprint density at radius 1 is 0.750 bits per heavy atom. The van der Waals surface area contributed by atoms with Gasteiger partial charge in [0, 0.05) is 36.8 Å². The quantitative estimate of drug-likeness (QED) is 0.530. The van der Waals surface area contributed by atoms with Crippen molar-refractivity contribution in [2.24, 2.45) is 0 Å². The van der Waals surface area contributed by atoms with Crippen molar-refractivity contribution in [1.29, 1.82) is 0 Å². The molecule has 1 aliphatic heterocycles. The van der Waals surface area contributed by atoms with Crippen LogP contribution in [0.25, 0.3) is 0 Å². The monoisotopic (exact) mass is 390 g/mol. The lowest BCUT2D eigenvalue weighted by molar-refractivity contribution is 0.243. The van der Waals surface area contributed by atoms with Crippen molar-refractivity contribution in [1.82, 2.24) is 4.90 Å². The zero-order valence-corrected chi connectivity index (χ0v) is 17.0. The van der Waals surface area contributed by atoms with Crippen molar-refractivity contribution >= 4 is 17.4 Å². The number of piperazine rings is 1. The lowest BCUT2D eigenvalue weighted by Gasteiger charge is -2.40. The van der Waals surface area contributed by atoms with Gasteiger partial charge in [-0.05, 0) is 42.0 Å². The summed E-state index contributed by atoms with van der Waals surface area (Å²) in [4.78, 5) is 6.38. The molecule has 1 saturated heterocycles. The van der Waals surface area contributed by atoms with E-state index in [0.29, 0.717) is 5.37 Å². The molecule has 0 radical (unpaired) electrons. The molecular weight excluding hydrogens is 364 g/mol. The van der Waals surface area contributed by atoms with E-state index in [1.165, 1.54) is 16.1 Å². The molecular formula is C24H26N2OS. The van der Waals surface area contributed by atoms with Crippen molar-refractivity contribution in [2.75, 3.05) is 38.2 Å². The van der Waals surface area contributed by atoms with Crippen LogP contribution in [-0.2, 0) is 0 Å². The number of nitrogens with zero attached hydrogens (tertiary/aromatic N) is 2. The van der Waals surface area contributed by atoms with Gasteiger partial charge in [0.25, 0.3) is 0 Å². The molecule has 0 N–H and O–H groups in total. The molecule has 1 aliphatic rings. The number of para-hydroxylation sites is 1. The molecule has 3 aromatic rings. The van der Waals surface area contributed by atoms with Gasteiger partial charge in [0.1, 0.15) is 5.75 Å². The summed E-state index contributed by atoms with van der Waals surface area (Å²) in [5.41, 5.74) is 2.64. The van der Waals surface area contributed by atoms with Crippen LogP contribution in [0.2, 0.25) is 0 Å². The SMILES string of the molecule is COc1ccc([C@@H](Sc2ccccc2)N2CCN(c3ccccc3)CC2)cc1. The first-order chi connectivity index (χ1) is 13.8. The molecule has 1 atom stereocenters. The minimum absolute atomic E-state index is 0.297. The number of thioether (sulfide) groups is 1. The van der Waals surface area contributed by atoms with Gasteiger partial charge in [0.15, 0.2) is 0 Å². The summed E-state index contributed by atoms with van der Waals surface area (Å²) >= 11 is 1.93. The maximum atomic E-state index is 5.35. The Morgan fingerprint density at radius 3 is 1.96 bits per heavy atom. The van der Waals surface area contributed by atoms with Gasteiger partial charge in [0.05, 0.1) is 12.5 Å². The minimum Gasteiger partial charge on any atom is -0.497 e. The first kappa shape index (κ1) is 18.9. The number of benzene rings is 3. The highest BCUT2D eigenvalue weighted by Gasteiger charge is 2.26. The van der Waals surface area contributed by atoms with E-state index in [9.17, 15) is 0 Å². The molecule has 3 aromatic carbocycles. The van der Waals surface area contributed by atoms with E-state index in [1.54, 1.807) is 7.11 Å². The Morgan fingerprint density at radius 2 is 1.36 bits per heavy atom. The Kier molecular flexibility index (Phi) is 6.20. The van der Waals surface area contributed by atoms with E-state index in [-0.39, 0.29) is 0 Å². The predicted molar refractivity (Wildman–Crippen MR) is 118 cm³/mol. The second-order valence-corrected chi connectivity index (χ2v) is 8.07.